The van der Waals surface area contributed by atoms with Crippen LogP contribution in [0.4, 0.5) is 5.69 Å². The van der Waals surface area contributed by atoms with Crippen LogP contribution in [0.3, 0.4) is 0 Å². The van der Waals surface area contributed by atoms with Crippen LogP contribution in [0.15, 0.2) is 52.3 Å². The Hall–Kier alpha value is -2.51. The highest BCUT2D eigenvalue weighted by atomic mass is 32.2. The summed E-state index contributed by atoms with van der Waals surface area (Å²) < 4.78 is 64.1. The van der Waals surface area contributed by atoms with Gasteiger partial charge in [0.05, 0.1) is 30.8 Å². The van der Waals surface area contributed by atoms with Crippen LogP contribution in [0.1, 0.15) is 10.4 Å². The number of carbonyl (C=O) groups is 1. The van der Waals surface area contributed by atoms with Crippen molar-refractivity contribution < 1.29 is 31.1 Å². The number of hydrogen-bond donors (Lipinski definition) is 1. The van der Waals surface area contributed by atoms with E-state index in [9.17, 15) is 21.6 Å². The summed E-state index contributed by atoms with van der Waals surface area (Å²) in [6, 6.07) is 10.0. The summed E-state index contributed by atoms with van der Waals surface area (Å²) in [5.41, 5.74) is 0.127. The maximum atomic E-state index is 13.1. The zero-order chi connectivity index (χ0) is 23.5. The fourth-order valence-corrected chi connectivity index (χ4v) is 5.83. The minimum absolute atomic E-state index is 0.0492. The lowest BCUT2D eigenvalue weighted by atomic mass is 10.2. The fourth-order valence-electron chi connectivity index (χ4n) is 3.16. The SMILES string of the molecule is COc1ccc(NC(=O)c2ccccc2S(=O)(=O)N2CCOCC2)cc1S(=O)(=O)N(C)C. The number of nitrogens with one attached hydrogen (secondary N) is 1. The Morgan fingerprint density at radius 2 is 1.69 bits per heavy atom. The summed E-state index contributed by atoms with van der Waals surface area (Å²) in [7, 11) is -3.65. The zero-order valence-electron chi connectivity index (χ0n) is 17.9. The van der Waals surface area contributed by atoms with Crippen LogP contribution in [0.5, 0.6) is 5.75 Å². The summed E-state index contributed by atoms with van der Waals surface area (Å²) >= 11 is 0. The van der Waals surface area contributed by atoms with Gasteiger partial charge in [0.2, 0.25) is 20.0 Å². The van der Waals surface area contributed by atoms with E-state index >= 15 is 0 Å². The van der Waals surface area contributed by atoms with Gasteiger partial charge in [0.25, 0.3) is 5.91 Å². The van der Waals surface area contributed by atoms with Crippen molar-refractivity contribution >= 4 is 31.6 Å². The second kappa shape index (κ2) is 9.55. The van der Waals surface area contributed by atoms with Gasteiger partial charge in [-0.15, -0.1) is 0 Å². The standard InChI is InChI=1S/C20H25N3O7S2/c1-22(2)31(25,26)19-14-15(8-9-17(19)29-3)21-20(24)16-6-4-5-7-18(16)32(27,28)23-10-12-30-13-11-23/h4-9,14H,10-13H2,1-3H3,(H,21,24). The first-order chi connectivity index (χ1) is 15.1. The largest absolute Gasteiger partial charge is 0.495 e. The molecule has 1 N–H and O–H groups in total. The highest BCUT2D eigenvalue weighted by Crippen LogP contribution is 2.29. The number of anilines is 1. The Labute approximate surface area is 187 Å². The van der Waals surface area contributed by atoms with Gasteiger partial charge in [0.15, 0.2) is 0 Å². The third-order valence-electron chi connectivity index (χ3n) is 4.90. The maximum absolute atomic E-state index is 13.1. The molecule has 0 aromatic heterocycles. The van der Waals surface area contributed by atoms with Gasteiger partial charge in [-0.05, 0) is 30.3 Å². The first-order valence-electron chi connectivity index (χ1n) is 9.68. The minimum Gasteiger partial charge on any atom is -0.495 e. The van der Waals surface area contributed by atoms with E-state index in [0.717, 1.165) is 4.31 Å². The minimum atomic E-state index is -3.91. The van der Waals surface area contributed by atoms with E-state index in [4.69, 9.17) is 9.47 Å². The monoisotopic (exact) mass is 483 g/mol. The molecule has 32 heavy (non-hydrogen) atoms. The number of methoxy groups -OCH3 is 1. The van der Waals surface area contributed by atoms with Gasteiger partial charge in [0, 0.05) is 32.9 Å². The highest BCUT2D eigenvalue weighted by Gasteiger charge is 2.30. The quantitative estimate of drug-likeness (QED) is 0.628. The van der Waals surface area contributed by atoms with Crippen molar-refractivity contribution in [3.63, 3.8) is 0 Å². The van der Waals surface area contributed by atoms with Crippen molar-refractivity contribution in [1.82, 2.24) is 8.61 Å². The predicted octanol–water partition coefficient (Wildman–Crippen LogP) is 1.22. The van der Waals surface area contributed by atoms with Gasteiger partial charge < -0.3 is 14.8 Å². The van der Waals surface area contributed by atoms with Crippen molar-refractivity contribution in [3.8, 4) is 5.75 Å². The lowest BCUT2D eigenvalue weighted by Gasteiger charge is -2.26. The van der Waals surface area contributed by atoms with Crippen molar-refractivity contribution in [2.24, 2.45) is 0 Å². The molecule has 0 atom stereocenters. The molecule has 0 unspecified atom stereocenters. The topological polar surface area (TPSA) is 122 Å². The summed E-state index contributed by atoms with van der Waals surface area (Å²) in [5, 5.41) is 2.59. The lowest BCUT2D eigenvalue weighted by molar-refractivity contribution is 0.0730. The number of hydrogen-bond acceptors (Lipinski definition) is 7. The molecule has 10 nitrogen and oxygen atoms in total. The van der Waals surface area contributed by atoms with Crippen LogP contribution >= 0.6 is 0 Å². The van der Waals surface area contributed by atoms with Crippen molar-refractivity contribution in [2.45, 2.75) is 9.79 Å². The smallest absolute Gasteiger partial charge is 0.257 e. The maximum Gasteiger partial charge on any atom is 0.257 e. The normalized spacial score (nSPS) is 15.5. The first kappa shape index (κ1) is 24.1. The molecule has 1 aliphatic heterocycles. The number of ether oxygens (including phenoxy) is 2. The van der Waals surface area contributed by atoms with Gasteiger partial charge in [-0.25, -0.2) is 21.1 Å². The first-order valence-corrected chi connectivity index (χ1v) is 12.6. The van der Waals surface area contributed by atoms with Gasteiger partial charge >= 0.3 is 0 Å². The van der Waals surface area contributed by atoms with E-state index in [-0.39, 0.29) is 53.1 Å². The Morgan fingerprint density at radius 1 is 1.03 bits per heavy atom. The van der Waals surface area contributed by atoms with E-state index in [2.05, 4.69) is 5.32 Å². The third-order valence-corrected chi connectivity index (χ3v) is 8.69. The molecule has 0 radical (unpaired) electrons. The number of sulfonamides is 2. The van der Waals surface area contributed by atoms with Crippen LogP contribution < -0.4 is 10.1 Å². The molecule has 12 heteroatoms. The molecule has 2 aromatic carbocycles. The van der Waals surface area contributed by atoms with Crippen molar-refractivity contribution in [2.75, 3.05) is 52.8 Å². The van der Waals surface area contributed by atoms with Gasteiger partial charge in [-0.2, -0.15) is 4.31 Å². The van der Waals surface area contributed by atoms with E-state index in [1.54, 1.807) is 12.1 Å². The van der Waals surface area contributed by atoms with Crippen LogP contribution in [-0.2, 0) is 24.8 Å². The molecule has 1 heterocycles. The Kier molecular flexibility index (Phi) is 7.20. The fraction of sp³-hybridized carbons (Fsp3) is 0.350. The Morgan fingerprint density at radius 3 is 2.31 bits per heavy atom. The second-order valence-corrected chi connectivity index (χ2v) is 11.1. The Balaban J connectivity index is 1.96. The summed E-state index contributed by atoms with van der Waals surface area (Å²) in [6.07, 6.45) is 0. The van der Waals surface area contributed by atoms with Crippen LogP contribution in [0.25, 0.3) is 0 Å². The number of amides is 1. The van der Waals surface area contributed by atoms with Gasteiger partial charge in [-0.3, -0.25) is 4.79 Å². The molecule has 0 bridgehead atoms. The molecule has 1 amide bonds. The average molecular weight is 484 g/mol. The van der Waals surface area contributed by atoms with E-state index < -0.39 is 26.0 Å². The van der Waals surface area contributed by atoms with Crippen molar-refractivity contribution in [1.29, 1.82) is 0 Å². The number of nitrogens with zero attached hydrogens (tertiary/aromatic N) is 2. The van der Waals surface area contributed by atoms with E-state index in [1.807, 2.05) is 0 Å². The molecule has 3 rings (SSSR count). The number of benzene rings is 2. The van der Waals surface area contributed by atoms with Gasteiger partial charge in [-0.1, -0.05) is 12.1 Å². The molecule has 0 aliphatic carbocycles. The lowest BCUT2D eigenvalue weighted by Crippen LogP contribution is -2.41. The third kappa shape index (κ3) is 4.79. The van der Waals surface area contributed by atoms with Gasteiger partial charge in [0.1, 0.15) is 10.6 Å². The molecule has 174 valence electrons. The van der Waals surface area contributed by atoms with E-state index in [0.29, 0.717) is 0 Å². The molecule has 1 aliphatic rings. The van der Waals surface area contributed by atoms with Crippen LogP contribution in [-0.4, -0.2) is 78.9 Å². The molecule has 0 spiro atoms. The molecule has 1 fully saturated rings. The van der Waals surface area contributed by atoms with Crippen LogP contribution in [0, 0.1) is 0 Å². The molecular formula is C20H25N3O7S2. The summed E-state index contributed by atoms with van der Waals surface area (Å²) in [6.45, 7) is 0.955. The second-order valence-electron chi connectivity index (χ2n) is 7.12. The summed E-state index contributed by atoms with van der Waals surface area (Å²) in [5.74, 6) is -0.567. The Bertz CT molecular complexity index is 1210. The molecule has 0 saturated carbocycles. The van der Waals surface area contributed by atoms with Crippen molar-refractivity contribution in [3.05, 3.63) is 48.0 Å². The summed E-state index contributed by atoms with van der Waals surface area (Å²) in [4.78, 5) is 12.7. The predicted molar refractivity (Wildman–Crippen MR) is 118 cm³/mol. The number of morpholine rings is 1. The van der Waals surface area contributed by atoms with E-state index in [1.165, 1.54) is 55.8 Å². The number of carbonyl (C=O) groups excluding carboxylic acids is 1. The average Bonchev–Trinajstić information content (AvgIpc) is 2.79. The highest BCUT2D eigenvalue weighted by molar-refractivity contribution is 7.89. The van der Waals surface area contributed by atoms with Crippen LogP contribution in [0.2, 0.25) is 0 Å². The molecule has 1 saturated heterocycles. The molecule has 2 aromatic rings. The zero-order valence-corrected chi connectivity index (χ0v) is 19.6. The number of rotatable bonds is 7. The molecular weight excluding hydrogens is 458 g/mol.